The molecule has 0 aliphatic rings. The van der Waals surface area contributed by atoms with Crippen molar-refractivity contribution in [1.82, 2.24) is 10.2 Å². The Bertz CT molecular complexity index is 454. The van der Waals surface area contributed by atoms with Crippen LogP contribution in [-0.2, 0) is 11.3 Å². The maximum atomic E-state index is 12.8. The minimum Gasteiger partial charge on any atom is -0.450 e. The Morgan fingerprint density at radius 1 is 1.39 bits per heavy atom. The number of halogens is 1. The Morgan fingerprint density at radius 3 is 2.74 bits per heavy atom. The van der Waals surface area contributed by atoms with Gasteiger partial charge < -0.3 is 15.2 Å². The minimum absolute atomic E-state index is 0.256. The van der Waals surface area contributed by atoms with Crippen LogP contribution in [-0.4, -0.2) is 48.9 Å². The molecule has 0 aromatic heterocycles. The van der Waals surface area contributed by atoms with Gasteiger partial charge in [0.15, 0.2) is 0 Å². The number of likely N-dealkylation sites (N-methyl/N-ethyl adjacent to an activating group) is 1. The number of alkyl carbamates (subject to hydrolysis) is 1. The van der Waals surface area contributed by atoms with Gasteiger partial charge in [-0.25, -0.2) is 9.18 Å². The number of nitrogens with one attached hydrogen (secondary N) is 1. The second-order valence-electron chi connectivity index (χ2n) is 5.68. The van der Waals surface area contributed by atoms with Gasteiger partial charge in [0.1, 0.15) is 5.82 Å². The Hall–Kier alpha value is -1.66. The summed E-state index contributed by atoms with van der Waals surface area (Å²) in [6, 6.07) is 6.31. The second kappa shape index (κ2) is 11.0. The summed E-state index contributed by atoms with van der Waals surface area (Å²) in [5.74, 6) is -0.256. The van der Waals surface area contributed by atoms with E-state index in [1.165, 1.54) is 12.1 Å². The number of benzene rings is 1. The molecule has 2 N–H and O–H groups in total. The van der Waals surface area contributed by atoms with Crippen LogP contribution in [0.15, 0.2) is 24.3 Å². The first kappa shape index (κ1) is 19.4. The van der Waals surface area contributed by atoms with Gasteiger partial charge in [-0.3, -0.25) is 4.90 Å². The molecule has 0 heterocycles. The van der Waals surface area contributed by atoms with Crippen molar-refractivity contribution < 1.29 is 19.0 Å². The molecule has 0 fully saturated rings. The summed E-state index contributed by atoms with van der Waals surface area (Å²) in [5.41, 5.74) is 0.985. The van der Waals surface area contributed by atoms with Crippen LogP contribution in [0, 0.1) is 5.82 Å². The van der Waals surface area contributed by atoms with E-state index in [0.29, 0.717) is 32.7 Å². The van der Waals surface area contributed by atoms with Crippen LogP contribution >= 0.6 is 0 Å². The van der Waals surface area contributed by atoms with Crippen LogP contribution in [0.1, 0.15) is 31.7 Å². The van der Waals surface area contributed by atoms with Gasteiger partial charge >= 0.3 is 6.09 Å². The normalized spacial score (nSPS) is 12.2. The summed E-state index contributed by atoms with van der Waals surface area (Å²) in [7, 11) is 1.89. The maximum Gasteiger partial charge on any atom is 0.407 e. The first-order valence-corrected chi connectivity index (χ1v) is 8.03. The SMILES string of the molecule is CCCCOC(=O)NCCC(O)CN(C)Cc1ccc(F)cc1. The van der Waals surface area contributed by atoms with Gasteiger partial charge in [0.2, 0.25) is 0 Å². The van der Waals surface area contributed by atoms with Crippen molar-refractivity contribution in [2.24, 2.45) is 0 Å². The summed E-state index contributed by atoms with van der Waals surface area (Å²) in [6.07, 6.45) is 1.30. The molecule has 0 bridgehead atoms. The van der Waals surface area contributed by atoms with E-state index in [1.54, 1.807) is 12.1 Å². The summed E-state index contributed by atoms with van der Waals surface area (Å²) in [6.45, 7) is 3.93. The van der Waals surface area contributed by atoms with Crippen LogP contribution in [0.25, 0.3) is 0 Å². The summed E-state index contributed by atoms with van der Waals surface area (Å²) >= 11 is 0. The first-order valence-electron chi connectivity index (χ1n) is 8.03. The highest BCUT2D eigenvalue weighted by Gasteiger charge is 2.10. The maximum absolute atomic E-state index is 12.8. The van der Waals surface area contributed by atoms with Crippen molar-refractivity contribution in [3.63, 3.8) is 0 Å². The van der Waals surface area contributed by atoms with Gasteiger partial charge in [-0.1, -0.05) is 25.5 Å². The van der Waals surface area contributed by atoms with E-state index in [2.05, 4.69) is 5.32 Å². The number of hydrogen-bond donors (Lipinski definition) is 2. The average molecular weight is 326 g/mol. The minimum atomic E-state index is -0.545. The molecule has 1 atom stereocenters. The molecule has 1 amide bonds. The average Bonchev–Trinajstić information content (AvgIpc) is 2.49. The topological polar surface area (TPSA) is 61.8 Å². The molecule has 0 spiro atoms. The number of unbranched alkanes of at least 4 members (excludes halogenated alkanes) is 1. The molecule has 130 valence electrons. The molecule has 23 heavy (non-hydrogen) atoms. The predicted octanol–water partition coefficient (Wildman–Crippen LogP) is 2.53. The highest BCUT2D eigenvalue weighted by Crippen LogP contribution is 2.06. The number of ether oxygens (including phenoxy) is 1. The second-order valence-corrected chi connectivity index (χ2v) is 5.68. The van der Waals surface area contributed by atoms with Gasteiger partial charge in [-0.2, -0.15) is 0 Å². The fourth-order valence-electron chi connectivity index (χ4n) is 2.12. The molecule has 1 unspecified atom stereocenters. The zero-order valence-electron chi connectivity index (χ0n) is 13.9. The quantitative estimate of drug-likeness (QED) is 0.649. The summed E-state index contributed by atoms with van der Waals surface area (Å²) < 4.78 is 17.8. The smallest absolute Gasteiger partial charge is 0.407 e. The number of aliphatic hydroxyl groups excluding tert-OH is 1. The Labute approximate surface area is 137 Å². The molecule has 0 saturated heterocycles. The van der Waals surface area contributed by atoms with Gasteiger partial charge in [0.25, 0.3) is 0 Å². The number of carbonyl (C=O) groups is 1. The lowest BCUT2D eigenvalue weighted by Crippen LogP contribution is -2.33. The van der Waals surface area contributed by atoms with E-state index < -0.39 is 12.2 Å². The van der Waals surface area contributed by atoms with Crippen LogP contribution in [0.4, 0.5) is 9.18 Å². The molecule has 1 rings (SSSR count). The molecule has 0 saturated carbocycles. The molecular weight excluding hydrogens is 299 g/mol. The Morgan fingerprint density at radius 2 is 2.09 bits per heavy atom. The van der Waals surface area contributed by atoms with Crippen molar-refractivity contribution in [2.75, 3.05) is 26.7 Å². The Kier molecular flexibility index (Phi) is 9.24. The van der Waals surface area contributed by atoms with Crippen LogP contribution in [0.5, 0.6) is 0 Å². The molecule has 0 aliphatic carbocycles. The summed E-state index contributed by atoms with van der Waals surface area (Å²) in [5, 5.41) is 12.6. The van der Waals surface area contributed by atoms with E-state index in [4.69, 9.17) is 4.74 Å². The highest BCUT2D eigenvalue weighted by molar-refractivity contribution is 5.66. The molecular formula is C17H27FN2O3. The lowest BCUT2D eigenvalue weighted by molar-refractivity contribution is 0.111. The van der Waals surface area contributed by atoms with Gasteiger partial charge in [0.05, 0.1) is 12.7 Å². The third kappa shape index (κ3) is 9.15. The van der Waals surface area contributed by atoms with E-state index in [9.17, 15) is 14.3 Å². The fourth-order valence-corrected chi connectivity index (χ4v) is 2.12. The van der Waals surface area contributed by atoms with Crippen LogP contribution < -0.4 is 5.32 Å². The molecule has 6 heteroatoms. The number of amides is 1. The summed E-state index contributed by atoms with van der Waals surface area (Å²) in [4.78, 5) is 13.3. The largest absolute Gasteiger partial charge is 0.450 e. The van der Waals surface area contributed by atoms with E-state index >= 15 is 0 Å². The third-order valence-corrected chi connectivity index (χ3v) is 3.37. The molecule has 0 aliphatic heterocycles. The molecule has 5 nitrogen and oxygen atoms in total. The number of rotatable bonds is 10. The molecule has 1 aromatic rings. The standard InChI is InChI=1S/C17H27FN2O3/c1-3-4-11-23-17(22)19-10-9-16(21)13-20(2)12-14-5-7-15(18)8-6-14/h5-8,16,21H,3-4,9-13H2,1-2H3,(H,19,22). The van der Waals surface area contributed by atoms with Crippen LogP contribution in [0.3, 0.4) is 0 Å². The predicted molar refractivity (Wildman–Crippen MR) is 87.6 cm³/mol. The number of aliphatic hydroxyl groups is 1. The van der Waals surface area contributed by atoms with E-state index in [0.717, 1.165) is 18.4 Å². The van der Waals surface area contributed by atoms with E-state index in [-0.39, 0.29) is 5.82 Å². The Balaban J connectivity index is 2.16. The number of hydrogen-bond acceptors (Lipinski definition) is 4. The lowest BCUT2D eigenvalue weighted by atomic mass is 10.2. The van der Waals surface area contributed by atoms with Crippen molar-refractivity contribution in [2.45, 2.75) is 38.8 Å². The highest BCUT2D eigenvalue weighted by atomic mass is 19.1. The van der Waals surface area contributed by atoms with Crippen molar-refractivity contribution in [1.29, 1.82) is 0 Å². The van der Waals surface area contributed by atoms with Crippen LogP contribution in [0.2, 0.25) is 0 Å². The number of carbonyl (C=O) groups excluding carboxylic acids is 1. The number of nitrogens with zero attached hydrogens (tertiary/aromatic N) is 1. The van der Waals surface area contributed by atoms with Crippen molar-refractivity contribution in [3.05, 3.63) is 35.6 Å². The monoisotopic (exact) mass is 326 g/mol. The van der Waals surface area contributed by atoms with Crippen molar-refractivity contribution >= 4 is 6.09 Å². The zero-order chi connectivity index (χ0) is 17.1. The zero-order valence-corrected chi connectivity index (χ0v) is 13.9. The van der Waals surface area contributed by atoms with E-state index in [1.807, 2.05) is 18.9 Å². The van der Waals surface area contributed by atoms with Gasteiger partial charge in [-0.15, -0.1) is 0 Å². The van der Waals surface area contributed by atoms with Gasteiger partial charge in [-0.05, 0) is 37.6 Å². The molecule has 1 aromatic carbocycles. The lowest BCUT2D eigenvalue weighted by Gasteiger charge is -2.20. The van der Waals surface area contributed by atoms with Crippen molar-refractivity contribution in [3.8, 4) is 0 Å². The fraction of sp³-hybridized carbons (Fsp3) is 0.588. The third-order valence-electron chi connectivity index (χ3n) is 3.37. The first-order chi connectivity index (χ1) is 11.0. The molecule has 0 radical (unpaired) electrons. The van der Waals surface area contributed by atoms with Gasteiger partial charge in [0, 0.05) is 19.6 Å².